The summed E-state index contributed by atoms with van der Waals surface area (Å²) in [5, 5.41) is 11.6. The normalized spacial score (nSPS) is 19.1. The van der Waals surface area contributed by atoms with Gasteiger partial charge < -0.3 is 15.3 Å². The van der Waals surface area contributed by atoms with Gasteiger partial charge in [0.05, 0.1) is 5.88 Å². The number of nitrogens with zero attached hydrogens (tertiary/aromatic N) is 1. The first kappa shape index (κ1) is 11.8. The molecule has 0 saturated carbocycles. The van der Waals surface area contributed by atoms with Crippen molar-refractivity contribution in [1.29, 1.82) is 0 Å². The number of carbonyl (C=O) groups excluding carboxylic acids is 1. The lowest BCUT2D eigenvalue weighted by molar-refractivity contribution is -0.140. The first-order valence-electron chi connectivity index (χ1n) is 5.11. The van der Waals surface area contributed by atoms with Crippen LogP contribution >= 0.6 is 11.8 Å². The highest BCUT2D eigenvalue weighted by molar-refractivity contribution is 7.99. The molecule has 0 spiro atoms. The summed E-state index contributed by atoms with van der Waals surface area (Å²) in [5.74, 6) is -0.106. The van der Waals surface area contributed by atoms with Gasteiger partial charge in [-0.2, -0.15) is 0 Å². The van der Waals surface area contributed by atoms with Crippen LogP contribution in [-0.4, -0.2) is 39.7 Å². The van der Waals surface area contributed by atoms with Gasteiger partial charge in [0.25, 0.3) is 0 Å². The zero-order valence-electron chi connectivity index (χ0n) is 9.00. The molecule has 0 unspecified atom stereocenters. The molecule has 1 aromatic carbocycles. The van der Waals surface area contributed by atoms with Crippen molar-refractivity contribution >= 4 is 29.4 Å². The average molecular weight is 252 g/mol. The van der Waals surface area contributed by atoms with E-state index in [-0.39, 0.29) is 6.03 Å². The van der Waals surface area contributed by atoms with E-state index in [9.17, 15) is 9.59 Å². The fourth-order valence-electron chi connectivity index (χ4n) is 1.56. The number of para-hydroxylation sites is 1. The van der Waals surface area contributed by atoms with E-state index in [1.54, 1.807) is 12.1 Å². The summed E-state index contributed by atoms with van der Waals surface area (Å²) in [5.41, 5.74) is 0.665. The molecule has 2 rings (SSSR count). The van der Waals surface area contributed by atoms with Crippen LogP contribution in [0.5, 0.6) is 0 Å². The van der Waals surface area contributed by atoms with Crippen molar-refractivity contribution in [3.63, 3.8) is 0 Å². The van der Waals surface area contributed by atoms with Crippen LogP contribution in [0, 0.1) is 0 Å². The number of benzene rings is 1. The Labute approximate surface area is 103 Å². The highest BCUT2D eigenvalue weighted by Gasteiger charge is 2.34. The fraction of sp³-hybridized carbons (Fsp3) is 0.273. The summed E-state index contributed by atoms with van der Waals surface area (Å²) < 4.78 is 0. The number of anilines is 1. The highest BCUT2D eigenvalue weighted by Crippen LogP contribution is 2.22. The Morgan fingerprint density at radius 3 is 2.71 bits per heavy atom. The summed E-state index contributed by atoms with van der Waals surface area (Å²) in [6.45, 7) is 0. The molecule has 0 bridgehead atoms. The quantitative estimate of drug-likeness (QED) is 0.840. The summed E-state index contributed by atoms with van der Waals surface area (Å²) in [6, 6.07) is 7.89. The summed E-state index contributed by atoms with van der Waals surface area (Å²) >= 11 is 1.44. The standard InChI is InChI=1S/C11H12N2O3S/c14-10(15)9-6-17-7-13(9)11(16)12-8-4-2-1-3-5-8/h1-5,9H,6-7H2,(H,12,16)(H,14,15)/t9-/m0/s1. The van der Waals surface area contributed by atoms with E-state index in [1.807, 2.05) is 18.2 Å². The molecular formula is C11H12N2O3S. The third-order valence-corrected chi connectivity index (χ3v) is 3.47. The molecule has 0 aliphatic carbocycles. The maximum atomic E-state index is 11.9. The van der Waals surface area contributed by atoms with Crippen molar-refractivity contribution in [3.8, 4) is 0 Å². The largest absolute Gasteiger partial charge is 0.480 e. The number of aliphatic carboxylic acids is 1. The van der Waals surface area contributed by atoms with Gasteiger partial charge in [0.15, 0.2) is 0 Å². The molecule has 6 heteroatoms. The Kier molecular flexibility index (Phi) is 3.53. The minimum absolute atomic E-state index is 0.367. The second kappa shape index (κ2) is 5.09. The van der Waals surface area contributed by atoms with Crippen molar-refractivity contribution in [2.24, 2.45) is 0 Å². The predicted molar refractivity (Wildman–Crippen MR) is 66.0 cm³/mol. The van der Waals surface area contributed by atoms with E-state index in [1.165, 1.54) is 16.7 Å². The summed E-state index contributed by atoms with van der Waals surface area (Å²) in [4.78, 5) is 24.1. The van der Waals surface area contributed by atoms with E-state index < -0.39 is 12.0 Å². The lowest BCUT2D eigenvalue weighted by Crippen LogP contribution is -2.43. The lowest BCUT2D eigenvalue weighted by atomic mass is 10.3. The van der Waals surface area contributed by atoms with Crippen molar-refractivity contribution in [1.82, 2.24) is 4.90 Å². The number of hydrogen-bond acceptors (Lipinski definition) is 3. The minimum Gasteiger partial charge on any atom is -0.480 e. The molecule has 17 heavy (non-hydrogen) atoms. The number of hydrogen-bond donors (Lipinski definition) is 2. The zero-order valence-corrected chi connectivity index (χ0v) is 9.81. The van der Waals surface area contributed by atoms with E-state index in [0.29, 0.717) is 17.3 Å². The Morgan fingerprint density at radius 2 is 2.06 bits per heavy atom. The number of carboxylic acid groups (broad SMARTS) is 1. The van der Waals surface area contributed by atoms with Gasteiger partial charge in [-0.15, -0.1) is 11.8 Å². The van der Waals surface area contributed by atoms with Gasteiger partial charge in [-0.25, -0.2) is 9.59 Å². The van der Waals surface area contributed by atoms with Crippen molar-refractivity contribution in [2.75, 3.05) is 16.9 Å². The number of amides is 2. The van der Waals surface area contributed by atoms with E-state index in [0.717, 1.165) is 0 Å². The predicted octanol–water partition coefficient (Wildman–Crippen LogP) is 1.68. The number of carbonyl (C=O) groups is 2. The third kappa shape index (κ3) is 2.71. The molecule has 0 radical (unpaired) electrons. The SMILES string of the molecule is O=C(O)[C@@H]1CSCN1C(=O)Nc1ccccc1. The van der Waals surface area contributed by atoms with E-state index in [2.05, 4.69) is 5.32 Å². The van der Waals surface area contributed by atoms with Crippen LogP contribution in [0.25, 0.3) is 0 Å². The molecule has 0 aromatic heterocycles. The topological polar surface area (TPSA) is 69.6 Å². The molecule has 1 aliphatic heterocycles. The van der Waals surface area contributed by atoms with Gasteiger partial charge in [0.1, 0.15) is 6.04 Å². The lowest BCUT2D eigenvalue weighted by Gasteiger charge is -2.20. The second-order valence-electron chi connectivity index (χ2n) is 3.62. The maximum absolute atomic E-state index is 11.9. The fourth-order valence-corrected chi connectivity index (χ4v) is 2.71. The number of thioether (sulfide) groups is 1. The molecule has 1 aromatic rings. The Hall–Kier alpha value is -1.69. The van der Waals surface area contributed by atoms with Gasteiger partial charge in [-0.1, -0.05) is 18.2 Å². The molecule has 1 fully saturated rings. The number of rotatable bonds is 2. The molecule has 2 N–H and O–H groups in total. The van der Waals surface area contributed by atoms with Crippen LogP contribution in [-0.2, 0) is 4.79 Å². The smallest absolute Gasteiger partial charge is 0.327 e. The summed E-state index contributed by atoms with van der Waals surface area (Å²) in [6.07, 6.45) is 0. The zero-order chi connectivity index (χ0) is 12.3. The third-order valence-electron chi connectivity index (χ3n) is 2.45. The number of carboxylic acids is 1. The Balaban J connectivity index is 2.03. The van der Waals surface area contributed by atoms with Gasteiger partial charge in [-0.05, 0) is 12.1 Å². The van der Waals surface area contributed by atoms with Crippen molar-refractivity contribution in [2.45, 2.75) is 6.04 Å². The van der Waals surface area contributed by atoms with Crippen molar-refractivity contribution in [3.05, 3.63) is 30.3 Å². The molecule has 2 amide bonds. The van der Waals surface area contributed by atoms with Crippen LogP contribution in [0.1, 0.15) is 0 Å². The average Bonchev–Trinajstić information content (AvgIpc) is 2.79. The molecule has 1 aliphatic rings. The van der Waals surface area contributed by atoms with Crippen LogP contribution in [0.2, 0.25) is 0 Å². The van der Waals surface area contributed by atoms with Gasteiger partial charge in [-0.3, -0.25) is 0 Å². The van der Waals surface area contributed by atoms with Gasteiger partial charge >= 0.3 is 12.0 Å². The maximum Gasteiger partial charge on any atom is 0.327 e. The van der Waals surface area contributed by atoms with Crippen LogP contribution < -0.4 is 5.32 Å². The second-order valence-corrected chi connectivity index (χ2v) is 4.62. The Bertz CT molecular complexity index is 424. The first-order chi connectivity index (χ1) is 8.18. The van der Waals surface area contributed by atoms with Crippen LogP contribution in [0.4, 0.5) is 10.5 Å². The van der Waals surface area contributed by atoms with Crippen LogP contribution in [0.15, 0.2) is 30.3 Å². The molecular weight excluding hydrogens is 240 g/mol. The molecule has 90 valence electrons. The Morgan fingerprint density at radius 1 is 1.35 bits per heavy atom. The monoisotopic (exact) mass is 252 g/mol. The number of urea groups is 1. The molecule has 1 atom stereocenters. The van der Waals surface area contributed by atoms with Gasteiger partial charge in [0.2, 0.25) is 0 Å². The van der Waals surface area contributed by atoms with E-state index >= 15 is 0 Å². The molecule has 5 nitrogen and oxygen atoms in total. The molecule has 1 saturated heterocycles. The van der Waals surface area contributed by atoms with Crippen molar-refractivity contribution < 1.29 is 14.7 Å². The molecule has 1 heterocycles. The van der Waals surface area contributed by atoms with E-state index in [4.69, 9.17) is 5.11 Å². The minimum atomic E-state index is -0.960. The van der Waals surface area contributed by atoms with Crippen LogP contribution in [0.3, 0.4) is 0 Å². The first-order valence-corrected chi connectivity index (χ1v) is 6.27. The van der Waals surface area contributed by atoms with Gasteiger partial charge in [0, 0.05) is 11.4 Å². The summed E-state index contributed by atoms with van der Waals surface area (Å²) in [7, 11) is 0. The highest BCUT2D eigenvalue weighted by atomic mass is 32.2. The number of nitrogens with one attached hydrogen (secondary N) is 1.